The van der Waals surface area contributed by atoms with Gasteiger partial charge in [0.25, 0.3) is 0 Å². The van der Waals surface area contributed by atoms with Crippen molar-refractivity contribution < 1.29 is 14.6 Å². The predicted molar refractivity (Wildman–Crippen MR) is 43.6 cm³/mol. The zero-order valence-electron chi connectivity index (χ0n) is 7.25. The van der Waals surface area contributed by atoms with Crippen LogP contribution in [-0.2, 0) is 9.53 Å². The van der Waals surface area contributed by atoms with E-state index in [1.807, 2.05) is 0 Å². The molecule has 12 heavy (non-hydrogen) atoms. The van der Waals surface area contributed by atoms with E-state index in [-0.39, 0.29) is 24.5 Å². The molecule has 4 nitrogen and oxygen atoms in total. The Morgan fingerprint density at radius 3 is 2.83 bits per heavy atom. The first kappa shape index (κ1) is 9.48. The van der Waals surface area contributed by atoms with Crippen molar-refractivity contribution in [2.75, 3.05) is 20.3 Å². The highest BCUT2D eigenvalue weighted by atomic mass is 16.5. The summed E-state index contributed by atoms with van der Waals surface area (Å²) < 4.78 is 4.62. The van der Waals surface area contributed by atoms with Crippen LogP contribution in [0.15, 0.2) is 0 Å². The SMILES string of the molecule is COC(=O)C1CCC(CO)NC1. The van der Waals surface area contributed by atoms with Gasteiger partial charge in [-0.05, 0) is 12.8 Å². The number of ether oxygens (including phenoxy) is 1. The van der Waals surface area contributed by atoms with E-state index < -0.39 is 0 Å². The third-order valence-corrected chi connectivity index (χ3v) is 2.27. The zero-order chi connectivity index (χ0) is 8.97. The molecule has 2 N–H and O–H groups in total. The highest BCUT2D eigenvalue weighted by Gasteiger charge is 2.25. The van der Waals surface area contributed by atoms with Gasteiger partial charge in [-0.2, -0.15) is 0 Å². The lowest BCUT2D eigenvalue weighted by atomic mass is 9.95. The van der Waals surface area contributed by atoms with Gasteiger partial charge < -0.3 is 15.2 Å². The van der Waals surface area contributed by atoms with Crippen LogP contribution in [0.4, 0.5) is 0 Å². The van der Waals surface area contributed by atoms with Crippen LogP contribution in [0, 0.1) is 5.92 Å². The second-order valence-corrected chi connectivity index (χ2v) is 3.09. The van der Waals surface area contributed by atoms with Crippen molar-refractivity contribution in [2.45, 2.75) is 18.9 Å². The van der Waals surface area contributed by atoms with Crippen LogP contribution in [0.5, 0.6) is 0 Å². The molecule has 0 aromatic carbocycles. The summed E-state index contributed by atoms with van der Waals surface area (Å²) in [7, 11) is 1.40. The van der Waals surface area contributed by atoms with Crippen molar-refractivity contribution in [3.8, 4) is 0 Å². The average Bonchev–Trinajstić information content (AvgIpc) is 2.17. The Kier molecular flexibility index (Phi) is 3.49. The number of carbonyl (C=O) groups is 1. The number of esters is 1. The molecule has 0 spiro atoms. The number of hydrogen-bond acceptors (Lipinski definition) is 4. The van der Waals surface area contributed by atoms with Gasteiger partial charge in [0.1, 0.15) is 0 Å². The first-order valence-corrected chi connectivity index (χ1v) is 4.20. The van der Waals surface area contributed by atoms with Crippen LogP contribution in [-0.4, -0.2) is 37.4 Å². The molecule has 1 heterocycles. The van der Waals surface area contributed by atoms with E-state index in [0.717, 1.165) is 12.8 Å². The minimum Gasteiger partial charge on any atom is -0.469 e. The first-order valence-electron chi connectivity index (χ1n) is 4.20. The number of methoxy groups -OCH3 is 1. The molecule has 0 radical (unpaired) electrons. The molecule has 1 aliphatic rings. The van der Waals surface area contributed by atoms with E-state index in [4.69, 9.17) is 5.11 Å². The summed E-state index contributed by atoms with van der Waals surface area (Å²) in [4.78, 5) is 11.0. The third kappa shape index (κ3) is 2.19. The van der Waals surface area contributed by atoms with Crippen molar-refractivity contribution in [2.24, 2.45) is 5.92 Å². The Morgan fingerprint density at radius 1 is 1.67 bits per heavy atom. The van der Waals surface area contributed by atoms with Gasteiger partial charge in [0.15, 0.2) is 0 Å². The van der Waals surface area contributed by atoms with Gasteiger partial charge >= 0.3 is 5.97 Å². The number of aliphatic hydroxyl groups is 1. The topological polar surface area (TPSA) is 58.6 Å². The molecule has 1 saturated heterocycles. The lowest BCUT2D eigenvalue weighted by Crippen LogP contribution is -2.43. The number of rotatable bonds is 2. The van der Waals surface area contributed by atoms with Crippen molar-refractivity contribution in [1.29, 1.82) is 0 Å². The van der Waals surface area contributed by atoms with Crippen LogP contribution in [0.2, 0.25) is 0 Å². The minimum absolute atomic E-state index is 0.0298. The second-order valence-electron chi connectivity index (χ2n) is 3.09. The molecule has 0 bridgehead atoms. The second kappa shape index (κ2) is 4.42. The van der Waals surface area contributed by atoms with Gasteiger partial charge in [0, 0.05) is 12.6 Å². The molecule has 1 aliphatic heterocycles. The molecule has 2 unspecified atom stereocenters. The van der Waals surface area contributed by atoms with E-state index in [1.165, 1.54) is 7.11 Å². The molecule has 0 aliphatic carbocycles. The van der Waals surface area contributed by atoms with Gasteiger partial charge in [-0.1, -0.05) is 0 Å². The Bertz CT molecular complexity index is 152. The predicted octanol–water partition coefficient (Wildman–Crippen LogP) is -0.480. The Balaban J connectivity index is 2.30. The van der Waals surface area contributed by atoms with Gasteiger partial charge in [0.2, 0.25) is 0 Å². The third-order valence-electron chi connectivity index (χ3n) is 2.27. The maximum Gasteiger partial charge on any atom is 0.309 e. The molecule has 70 valence electrons. The highest BCUT2D eigenvalue weighted by molar-refractivity contribution is 5.72. The summed E-state index contributed by atoms with van der Waals surface area (Å²) in [5, 5.41) is 11.9. The molecular weight excluding hydrogens is 158 g/mol. The van der Waals surface area contributed by atoms with Gasteiger partial charge in [-0.3, -0.25) is 4.79 Å². The summed E-state index contributed by atoms with van der Waals surface area (Å²) in [5.74, 6) is -0.184. The van der Waals surface area contributed by atoms with Crippen LogP contribution in [0.3, 0.4) is 0 Å². The summed E-state index contributed by atoms with van der Waals surface area (Å²) in [6.07, 6.45) is 1.65. The largest absolute Gasteiger partial charge is 0.469 e. The van der Waals surface area contributed by atoms with Gasteiger partial charge in [-0.25, -0.2) is 0 Å². The van der Waals surface area contributed by atoms with E-state index in [0.29, 0.717) is 6.54 Å². The monoisotopic (exact) mass is 173 g/mol. The van der Waals surface area contributed by atoms with E-state index in [2.05, 4.69) is 10.1 Å². The van der Waals surface area contributed by atoms with Crippen molar-refractivity contribution in [3.05, 3.63) is 0 Å². The first-order chi connectivity index (χ1) is 5.77. The molecular formula is C8H15NO3. The molecule has 2 atom stereocenters. The normalized spacial score (nSPS) is 29.8. The maximum absolute atomic E-state index is 11.0. The highest BCUT2D eigenvalue weighted by Crippen LogP contribution is 2.14. The van der Waals surface area contributed by atoms with Crippen LogP contribution >= 0.6 is 0 Å². The summed E-state index contributed by atoms with van der Waals surface area (Å²) in [6, 6.07) is 0.158. The number of carbonyl (C=O) groups excluding carboxylic acids is 1. The quantitative estimate of drug-likeness (QED) is 0.554. The number of aliphatic hydroxyl groups excluding tert-OH is 1. The summed E-state index contributed by atoms with van der Waals surface area (Å²) in [6.45, 7) is 0.770. The Labute approximate surface area is 71.9 Å². The fraction of sp³-hybridized carbons (Fsp3) is 0.875. The molecule has 0 aromatic rings. The Morgan fingerprint density at radius 2 is 2.42 bits per heavy atom. The molecule has 1 fully saturated rings. The van der Waals surface area contributed by atoms with Crippen LogP contribution in [0.25, 0.3) is 0 Å². The molecule has 4 heteroatoms. The minimum atomic E-state index is -0.154. The fourth-order valence-corrected chi connectivity index (χ4v) is 1.44. The fourth-order valence-electron chi connectivity index (χ4n) is 1.44. The van der Waals surface area contributed by atoms with E-state index >= 15 is 0 Å². The lowest BCUT2D eigenvalue weighted by Gasteiger charge is -2.26. The van der Waals surface area contributed by atoms with Crippen LogP contribution in [0.1, 0.15) is 12.8 Å². The lowest BCUT2D eigenvalue weighted by molar-refractivity contribution is -0.146. The van der Waals surface area contributed by atoms with E-state index in [9.17, 15) is 4.79 Å². The number of piperidine rings is 1. The van der Waals surface area contributed by atoms with Crippen molar-refractivity contribution in [3.63, 3.8) is 0 Å². The molecule has 1 rings (SSSR count). The van der Waals surface area contributed by atoms with E-state index in [1.54, 1.807) is 0 Å². The van der Waals surface area contributed by atoms with Crippen molar-refractivity contribution in [1.82, 2.24) is 5.32 Å². The standard InChI is InChI=1S/C8H15NO3/c1-12-8(11)6-2-3-7(5-10)9-4-6/h6-7,9-10H,2-5H2,1H3. The summed E-state index contributed by atoms with van der Waals surface area (Å²) >= 11 is 0. The van der Waals surface area contributed by atoms with Crippen molar-refractivity contribution >= 4 is 5.97 Å². The summed E-state index contributed by atoms with van der Waals surface area (Å²) in [5.41, 5.74) is 0. The molecule has 0 amide bonds. The zero-order valence-corrected chi connectivity index (χ0v) is 7.25. The van der Waals surface area contributed by atoms with Gasteiger partial charge in [-0.15, -0.1) is 0 Å². The molecule has 0 saturated carbocycles. The smallest absolute Gasteiger partial charge is 0.309 e. The number of hydrogen-bond donors (Lipinski definition) is 2. The maximum atomic E-state index is 11.0. The Hall–Kier alpha value is -0.610. The average molecular weight is 173 g/mol. The van der Waals surface area contributed by atoms with Crippen LogP contribution < -0.4 is 5.32 Å². The van der Waals surface area contributed by atoms with Gasteiger partial charge in [0.05, 0.1) is 19.6 Å². The number of nitrogens with one attached hydrogen (secondary N) is 1. The molecule has 0 aromatic heterocycles.